The number of hydrogen-bond donors (Lipinski definition) is 1. The Hall–Kier alpha value is -0.860. The third-order valence-corrected chi connectivity index (χ3v) is 2.16. The molecule has 82 valence electrons. The van der Waals surface area contributed by atoms with E-state index in [-0.39, 0.29) is 12.2 Å². The Morgan fingerprint density at radius 3 is 1.93 bits per heavy atom. The van der Waals surface area contributed by atoms with Crippen molar-refractivity contribution in [1.29, 1.82) is 0 Å². The molecule has 0 fully saturated rings. The van der Waals surface area contributed by atoms with Crippen molar-refractivity contribution in [2.24, 2.45) is 0 Å². The maximum Gasteiger partial charge on any atom is 0.303 e. The van der Waals surface area contributed by atoms with Crippen LogP contribution >= 0.6 is 0 Å². The zero-order valence-electron chi connectivity index (χ0n) is 8.92. The van der Waals surface area contributed by atoms with E-state index in [1.54, 1.807) is 0 Å². The topological polar surface area (TPSA) is 54.4 Å². The fraction of sp³-hybridized carbons (Fsp3) is 0.818. The third kappa shape index (κ3) is 9.23. The zero-order valence-corrected chi connectivity index (χ0v) is 8.92. The first kappa shape index (κ1) is 13.1. The Bertz CT molecular complexity index is 175. The van der Waals surface area contributed by atoms with E-state index in [1.165, 1.54) is 0 Å². The molecule has 0 atom stereocenters. The monoisotopic (exact) mass is 200 g/mol. The lowest BCUT2D eigenvalue weighted by atomic mass is 10.1. The molecule has 0 bridgehead atoms. The Labute approximate surface area is 85.5 Å². The molecular weight excluding hydrogens is 180 g/mol. The summed E-state index contributed by atoms with van der Waals surface area (Å²) in [6, 6.07) is 0. The highest BCUT2D eigenvalue weighted by atomic mass is 16.4. The van der Waals surface area contributed by atoms with Gasteiger partial charge in [0.2, 0.25) is 0 Å². The van der Waals surface area contributed by atoms with Gasteiger partial charge in [-0.15, -0.1) is 0 Å². The van der Waals surface area contributed by atoms with Crippen LogP contribution in [0.3, 0.4) is 0 Å². The summed E-state index contributed by atoms with van der Waals surface area (Å²) in [5.41, 5.74) is 0. The first-order valence-electron chi connectivity index (χ1n) is 5.40. The number of carboxylic acid groups (broad SMARTS) is 1. The summed E-state index contributed by atoms with van der Waals surface area (Å²) in [6.07, 6.45) is 5.97. The van der Waals surface area contributed by atoms with Gasteiger partial charge < -0.3 is 5.11 Å². The number of ketones is 1. The van der Waals surface area contributed by atoms with Gasteiger partial charge in [0.1, 0.15) is 5.78 Å². The second-order valence-electron chi connectivity index (χ2n) is 3.60. The van der Waals surface area contributed by atoms with Crippen molar-refractivity contribution in [3.63, 3.8) is 0 Å². The van der Waals surface area contributed by atoms with Crippen LogP contribution in [0.4, 0.5) is 0 Å². The number of carbonyl (C=O) groups excluding carboxylic acids is 1. The highest BCUT2D eigenvalue weighted by Gasteiger charge is 2.02. The predicted molar refractivity (Wildman–Crippen MR) is 55.3 cm³/mol. The maximum atomic E-state index is 11.2. The summed E-state index contributed by atoms with van der Waals surface area (Å²) >= 11 is 0. The fourth-order valence-electron chi connectivity index (χ4n) is 1.30. The summed E-state index contributed by atoms with van der Waals surface area (Å²) in [6.45, 7) is 2.11. The minimum Gasteiger partial charge on any atom is -0.481 e. The SMILES string of the molecule is CCCCCC(=O)CCCCC(=O)O. The molecule has 14 heavy (non-hydrogen) atoms. The van der Waals surface area contributed by atoms with Gasteiger partial charge in [-0.3, -0.25) is 9.59 Å². The van der Waals surface area contributed by atoms with Crippen LogP contribution < -0.4 is 0 Å². The van der Waals surface area contributed by atoms with Crippen LogP contribution in [0.1, 0.15) is 58.3 Å². The second kappa shape index (κ2) is 8.73. The average Bonchev–Trinajstić information content (AvgIpc) is 2.13. The van der Waals surface area contributed by atoms with Crippen molar-refractivity contribution in [3.05, 3.63) is 0 Å². The number of Topliss-reactive ketones (excluding diaryl/α,β-unsaturated/α-hetero) is 1. The molecule has 0 amide bonds. The van der Waals surface area contributed by atoms with Crippen molar-refractivity contribution >= 4 is 11.8 Å². The van der Waals surface area contributed by atoms with Crippen molar-refractivity contribution in [1.82, 2.24) is 0 Å². The van der Waals surface area contributed by atoms with E-state index < -0.39 is 5.97 Å². The van der Waals surface area contributed by atoms with Gasteiger partial charge in [0, 0.05) is 19.3 Å². The standard InChI is InChI=1S/C11H20O3/c1-2-3-4-7-10(12)8-5-6-9-11(13)14/h2-9H2,1H3,(H,13,14). The maximum absolute atomic E-state index is 11.2. The molecule has 0 saturated heterocycles. The lowest BCUT2D eigenvalue weighted by Gasteiger charge is -1.99. The molecule has 0 saturated carbocycles. The molecule has 0 heterocycles. The van der Waals surface area contributed by atoms with Crippen molar-refractivity contribution in [3.8, 4) is 0 Å². The molecule has 0 unspecified atom stereocenters. The van der Waals surface area contributed by atoms with E-state index in [0.717, 1.165) is 25.7 Å². The first-order valence-corrected chi connectivity index (χ1v) is 5.40. The quantitative estimate of drug-likeness (QED) is 0.582. The zero-order chi connectivity index (χ0) is 10.8. The summed E-state index contributed by atoms with van der Waals surface area (Å²) in [5.74, 6) is -0.493. The van der Waals surface area contributed by atoms with Crippen molar-refractivity contribution < 1.29 is 14.7 Å². The van der Waals surface area contributed by atoms with Gasteiger partial charge in [0.05, 0.1) is 0 Å². The van der Waals surface area contributed by atoms with E-state index in [4.69, 9.17) is 5.11 Å². The van der Waals surface area contributed by atoms with Crippen LogP contribution in [0.2, 0.25) is 0 Å². The fourth-order valence-corrected chi connectivity index (χ4v) is 1.30. The molecule has 0 radical (unpaired) electrons. The van der Waals surface area contributed by atoms with E-state index >= 15 is 0 Å². The van der Waals surface area contributed by atoms with Crippen molar-refractivity contribution in [2.45, 2.75) is 58.3 Å². The second-order valence-corrected chi connectivity index (χ2v) is 3.60. The van der Waals surface area contributed by atoms with Crippen LogP contribution in [-0.2, 0) is 9.59 Å². The lowest BCUT2D eigenvalue weighted by molar-refractivity contribution is -0.137. The summed E-state index contributed by atoms with van der Waals surface area (Å²) in [7, 11) is 0. The molecule has 0 aromatic heterocycles. The minimum atomic E-state index is -0.775. The molecule has 1 N–H and O–H groups in total. The van der Waals surface area contributed by atoms with E-state index in [2.05, 4.69) is 6.92 Å². The molecule has 0 aliphatic rings. The Kier molecular flexibility index (Phi) is 8.19. The summed E-state index contributed by atoms with van der Waals surface area (Å²) in [5, 5.41) is 8.37. The first-order chi connectivity index (χ1) is 6.66. The largest absolute Gasteiger partial charge is 0.481 e. The van der Waals surface area contributed by atoms with Gasteiger partial charge in [-0.1, -0.05) is 19.8 Å². The van der Waals surface area contributed by atoms with Crippen LogP contribution in [0.5, 0.6) is 0 Å². The van der Waals surface area contributed by atoms with Gasteiger partial charge in [0.15, 0.2) is 0 Å². The molecule has 0 aliphatic carbocycles. The number of carbonyl (C=O) groups is 2. The van der Waals surface area contributed by atoms with Gasteiger partial charge in [-0.25, -0.2) is 0 Å². The Morgan fingerprint density at radius 2 is 1.43 bits per heavy atom. The van der Waals surface area contributed by atoms with Gasteiger partial charge in [0.25, 0.3) is 0 Å². The van der Waals surface area contributed by atoms with Crippen LogP contribution in [-0.4, -0.2) is 16.9 Å². The predicted octanol–water partition coefficient (Wildman–Crippen LogP) is 2.78. The molecular formula is C11H20O3. The molecule has 0 rings (SSSR count). The number of rotatable bonds is 9. The lowest BCUT2D eigenvalue weighted by Crippen LogP contribution is -1.99. The summed E-state index contributed by atoms with van der Waals surface area (Å²) < 4.78 is 0. The summed E-state index contributed by atoms with van der Waals surface area (Å²) in [4.78, 5) is 21.4. The van der Waals surface area contributed by atoms with E-state index in [0.29, 0.717) is 19.3 Å². The highest BCUT2D eigenvalue weighted by molar-refractivity contribution is 5.78. The van der Waals surface area contributed by atoms with Gasteiger partial charge >= 0.3 is 5.97 Å². The number of carboxylic acids is 1. The van der Waals surface area contributed by atoms with Crippen LogP contribution in [0.25, 0.3) is 0 Å². The van der Waals surface area contributed by atoms with E-state index in [9.17, 15) is 9.59 Å². The Morgan fingerprint density at radius 1 is 0.929 bits per heavy atom. The minimum absolute atomic E-state index is 0.183. The Balaban J connectivity index is 3.22. The molecule has 3 heteroatoms. The van der Waals surface area contributed by atoms with Crippen LogP contribution in [0.15, 0.2) is 0 Å². The third-order valence-electron chi connectivity index (χ3n) is 2.16. The molecule has 0 aliphatic heterocycles. The van der Waals surface area contributed by atoms with Gasteiger partial charge in [-0.2, -0.15) is 0 Å². The average molecular weight is 200 g/mol. The molecule has 0 spiro atoms. The van der Waals surface area contributed by atoms with Crippen LogP contribution in [0, 0.1) is 0 Å². The molecule has 3 nitrogen and oxygen atoms in total. The number of aliphatic carboxylic acids is 1. The molecule has 0 aromatic rings. The highest BCUT2D eigenvalue weighted by Crippen LogP contribution is 2.06. The van der Waals surface area contributed by atoms with Crippen molar-refractivity contribution in [2.75, 3.05) is 0 Å². The smallest absolute Gasteiger partial charge is 0.303 e. The van der Waals surface area contributed by atoms with Gasteiger partial charge in [-0.05, 0) is 19.3 Å². The normalized spacial score (nSPS) is 10.1. The van der Waals surface area contributed by atoms with E-state index in [1.807, 2.05) is 0 Å². The molecule has 0 aromatic carbocycles. The number of hydrogen-bond acceptors (Lipinski definition) is 2. The number of unbranched alkanes of at least 4 members (excludes halogenated alkanes) is 3.